The zero-order chi connectivity index (χ0) is 9.78. The number of carboxylic acids is 1. The van der Waals surface area contributed by atoms with Crippen LogP contribution in [0.25, 0.3) is 0 Å². The van der Waals surface area contributed by atoms with Gasteiger partial charge in [0.15, 0.2) is 0 Å². The summed E-state index contributed by atoms with van der Waals surface area (Å²) in [6.07, 6.45) is 0.0794. The smallest absolute Gasteiger partial charge is 0.304 e. The number of rotatable bonds is 5. The Balaban J connectivity index is 3.57. The Morgan fingerprint density at radius 3 is 2.42 bits per heavy atom. The van der Waals surface area contributed by atoms with E-state index in [9.17, 15) is 9.90 Å². The molecule has 0 aliphatic carbocycles. The van der Waals surface area contributed by atoms with Gasteiger partial charge in [-0.25, -0.2) is 0 Å². The fraction of sp³-hybridized carbons (Fsp3) is 0.875. The quantitative estimate of drug-likeness (QED) is 0.558. The van der Waals surface area contributed by atoms with E-state index < -0.39 is 11.6 Å². The minimum absolute atomic E-state index is 0.0794. The molecule has 0 aliphatic rings. The van der Waals surface area contributed by atoms with Crippen LogP contribution >= 0.6 is 0 Å². The first-order valence-corrected chi connectivity index (χ1v) is 3.99. The fourth-order valence-corrected chi connectivity index (χ4v) is 0.758. The second-order valence-corrected chi connectivity index (χ2v) is 3.69. The largest absolute Gasteiger partial charge is 0.481 e. The Hall–Kier alpha value is -0.610. The summed E-state index contributed by atoms with van der Waals surface area (Å²) in [4.78, 5) is 10.2. The van der Waals surface area contributed by atoms with Crippen molar-refractivity contribution in [2.45, 2.75) is 38.8 Å². The van der Waals surface area contributed by atoms with E-state index >= 15 is 0 Å². The van der Waals surface area contributed by atoms with Gasteiger partial charge in [-0.3, -0.25) is 4.79 Å². The van der Waals surface area contributed by atoms with Crippen LogP contribution in [0.2, 0.25) is 0 Å². The maximum Gasteiger partial charge on any atom is 0.304 e. The van der Waals surface area contributed by atoms with Gasteiger partial charge in [0, 0.05) is 12.6 Å². The van der Waals surface area contributed by atoms with Crippen LogP contribution in [0, 0.1) is 0 Å². The highest BCUT2D eigenvalue weighted by molar-refractivity contribution is 5.67. The number of nitrogens with one attached hydrogen (secondary N) is 1. The van der Waals surface area contributed by atoms with Crippen LogP contribution in [-0.2, 0) is 4.79 Å². The molecule has 4 heteroatoms. The summed E-state index contributed by atoms with van der Waals surface area (Å²) in [5, 5.41) is 20.6. The lowest BCUT2D eigenvalue weighted by molar-refractivity contribution is -0.137. The number of hydrogen-bond acceptors (Lipinski definition) is 3. The summed E-state index contributed by atoms with van der Waals surface area (Å²) in [5.74, 6) is -0.828. The van der Waals surface area contributed by atoms with Gasteiger partial charge in [-0.1, -0.05) is 0 Å². The minimum Gasteiger partial charge on any atom is -0.481 e. The molecular weight excluding hydrogens is 158 g/mol. The van der Waals surface area contributed by atoms with Crippen molar-refractivity contribution in [2.24, 2.45) is 0 Å². The highest BCUT2D eigenvalue weighted by atomic mass is 16.4. The van der Waals surface area contributed by atoms with E-state index in [4.69, 9.17) is 5.11 Å². The van der Waals surface area contributed by atoms with Crippen molar-refractivity contribution in [2.75, 3.05) is 6.54 Å². The van der Waals surface area contributed by atoms with Crippen molar-refractivity contribution in [3.8, 4) is 0 Å². The van der Waals surface area contributed by atoms with Crippen molar-refractivity contribution < 1.29 is 15.0 Å². The second kappa shape index (κ2) is 4.42. The normalized spacial score (nSPS) is 14.3. The molecule has 0 aromatic rings. The van der Waals surface area contributed by atoms with Crippen molar-refractivity contribution in [3.05, 3.63) is 0 Å². The molecule has 0 saturated heterocycles. The molecule has 1 atom stereocenters. The summed E-state index contributed by atoms with van der Waals surface area (Å²) in [5.41, 5.74) is -0.785. The van der Waals surface area contributed by atoms with E-state index in [1.807, 2.05) is 0 Å². The van der Waals surface area contributed by atoms with E-state index in [-0.39, 0.29) is 12.5 Å². The first kappa shape index (κ1) is 11.4. The molecule has 0 amide bonds. The Labute approximate surface area is 72.6 Å². The maximum atomic E-state index is 10.2. The highest BCUT2D eigenvalue weighted by Crippen LogP contribution is 1.99. The summed E-state index contributed by atoms with van der Waals surface area (Å²) in [7, 11) is 0. The Morgan fingerprint density at radius 1 is 1.58 bits per heavy atom. The second-order valence-electron chi connectivity index (χ2n) is 3.69. The van der Waals surface area contributed by atoms with E-state index in [2.05, 4.69) is 5.32 Å². The maximum absolute atomic E-state index is 10.2. The van der Waals surface area contributed by atoms with Gasteiger partial charge >= 0.3 is 5.97 Å². The van der Waals surface area contributed by atoms with Gasteiger partial charge in [0.1, 0.15) is 0 Å². The predicted octanol–water partition coefficient (Wildman–Crippen LogP) is 0.210. The van der Waals surface area contributed by atoms with Gasteiger partial charge in [-0.05, 0) is 20.8 Å². The molecule has 3 N–H and O–H groups in total. The predicted molar refractivity (Wildman–Crippen MR) is 46.0 cm³/mol. The number of carboxylic acid groups (broad SMARTS) is 1. The molecule has 0 bridgehead atoms. The topological polar surface area (TPSA) is 69.6 Å². The minimum atomic E-state index is -0.828. The van der Waals surface area contributed by atoms with E-state index in [0.29, 0.717) is 6.54 Å². The third-order valence-electron chi connectivity index (χ3n) is 1.36. The number of aliphatic hydroxyl groups is 1. The lowest BCUT2D eigenvalue weighted by Crippen LogP contribution is -2.40. The third-order valence-corrected chi connectivity index (χ3v) is 1.36. The van der Waals surface area contributed by atoms with Gasteiger partial charge in [-0.15, -0.1) is 0 Å². The average molecular weight is 175 g/mol. The molecule has 12 heavy (non-hydrogen) atoms. The summed E-state index contributed by atoms with van der Waals surface area (Å²) in [6, 6.07) is -0.103. The Bertz CT molecular complexity index is 151. The van der Waals surface area contributed by atoms with Gasteiger partial charge in [0.25, 0.3) is 0 Å². The molecule has 72 valence electrons. The first-order chi connectivity index (χ1) is 5.31. The van der Waals surface area contributed by atoms with E-state index in [1.165, 1.54) is 0 Å². The fourth-order valence-electron chi connectivity index (χ4n) is 0.758. The van der Waals surface area contributed by atoms with Crippen molar-refractivity contribution >= 4 is 5.97 Å². The SMILES string of the molecule is CC(CC(=O)O)NCC(C)(C)O. The highest BCUT2D eigenvalue weighted by Gasteiger charge is 2.14. The van der Waals surface area contributed by atoms with Gasteiger partial charge in [-0.2, -0.15) is 0 Å². The molecule has 0 aromatic heterocycles. The molecule has 0 aromatic carbocycles. The molecule has 0 radical (unpaired) electrons. The van der Waals surface area contributed by atoms with Crippen molar-refractivity contribution in [1.29, 1.82) is 0 Å². The molecule has 0 spiro atoms. The van der Waals surface area contributed by atoms with Crippen LogP contribution < -0.4 is 5.32 Å². The van der Waals surface area contributed by atoms with Crippen LogP contribution in [0.5, 0.6) is 0 Å². The number of aliphatic carboxylic acids is 1. The average Bonchev–Trinajstić information content (AvgIpc) is 1.80. The van der Waals surface area contributed by atoms with Crippen LogP contribution in [0.1, 0.15) is 27.2 Å². The molecular formula is C8H17NO3. The van der Waals surface area contributed by atoms with E-state index in [1.54, 1.807) is 20.8 Å². The number of carbonyl (C=O) groups is 1. The molecule has 0 fully saturated rings. The zero-order valence-corrected chi connectivity index (χ0v) is 7.79. The molecule has 0 aliphatic heterocycles. The van der Waals surface area contributed by atoms with E-state index in [0.717, 1.165) is 0 Å². The zero-order valence-electron chi connectivity index (χ0n) is 7.79. The monoisotopic (exact) mass is 175 g/mol. The third kappa shape index (κ3) is 7.50. The van der Waals surface area contributed by atoms with Gasteiger partial charge in [0.05, 0.1) is 12.0 Å². The molecule has 0 heterocycles. The molecule has 0 saturated carbocycles. The summed E-state index contributed by atoms with van der Waals surface area (Å²) < 4.78 is 0. The standard InChI is InChI=1S/C8H17NO3/c1-6(4-7(10)11)9-5-8(2,3)12/h6,9,12H,4-5H2,1-3H3,(H,10,11). The summed E-state index contributed by atoms with van der Waals surface area (Å²) in [6.45, 7) is 5.53. The molecule has 4 nitrogen and oxygen atoms in total. The van der Waals surface area contributed by atoms with Gasteiger partial charge in [0.2, 0.25) is 0 Å². The number of hydrogen-bond donors (Lipinski definition) is 3. The van der Waals surface area contributed by atoms with Crippen LogP contribution in [0.15, 0.2) is 0 Å². The van der Waals surface area contributed by atoms with Crippen LogP contribution in [0.4, 0.5) is 0 Å². The van der Waals surface area contributed by atoms with Crippen LogP contribution in [-0.4, -0.2) is 34.4 Å². The lowest BCUT2D eigenvalue weighted by Gasteiger charge is -2.20. The van der Waals surface area contributed by atoms with Crippen LogP contribution in [0.3, 0.4) is 0 Å². The summed E-state index contributed by atoms with van der Waals surface area (Å²) >= 11 is 0. The first-order valence-electron chi connectivity index (χ1n) is 3.99. The lowest BCUT2D eigenvalue weighted by atomic mass is 10.1. The molecule has 0 rings (SSSR count). The van der Waals surface area contributed by atoms with Crippen molar-refractivity contribution in [1.82, 2.24) is 5.32 Å². The Morgan fingerprint density at radius 2 is 2.08 bits per heavy atom. The van der Waals surface area contributed by atoms with Crippen molar-refractivity contribution in [3.63, 3.8) is 0 Å². The Kier molecular flexibility index (Phi) is 4.20. The van der Waals surface area contributed by atoms with Gasteiger partial charge < -0.3 is 15.5 Å². The molecule has 1 unspecified atom stereocenters.